The van der Waals surface area contributed by atoms with Crippen LogP contribution in [0.15, 0.2) is 65.7 Å². The van der Waals surface area contributed by atoms with E-state index in [0.29, 0.717) is 40.2 Å². The molecule has 0 saturated carbocycles. The molecule has 4 rings (SSSR count). The van der Waals surface area contributed by atoms with E-state index in [1.165, 1.54) is 11.3 Å². The molecule has 0 saturated heterocycles. The molecule has 2 aromatic heterocycles. The second kappa shape index (κ2) is 8.63. The number of hydrogen-bond acceptors (Lipinski definition) is 5. The first-order valence-electron chi connectivity index (χ1n) is 9.78. The highest BCUT2D eigenvalue weighted by atomic mass is 32.1. The number of carbonyl (C=O) groups excluding carboxylic acids is 1. The first-order valence-corrected chi connectivity index (χ1v) is 10.6. The van der Waals surface area contributed by atoms with Crippen LogP contribution in [0.25, 0.3) is 10.2 Å². The van der Waals surface area contributed by atoms with E-state index in [0.717, 1.165) is 16.7 Å². The maximum absolute atomic E-state index is 13.1. The lowest BCUT2D eigenvalue weighted by Gasteiger charge is -2.08. The van der Waals surface area contributed by atoms with Gasteiger partial charge in [0.2, 0.25) is 0 Å². The van der Waals surface area contributed by atoms with E-state index in [1.807, 2.05) is 61.5 Å². The van der Waals surface area contributed by atoms with E-state index >= 15 is 0 Å². The average molecular weight is 419 g/mol. The standard InChI is InChI=1S/C24H22N2O3S/c1-16-8-6-7-11-19(16)14-26-15-25-22-20(23(26)27)17(2)21(30-22)24(28)29-13-12-18-9-4-3-5-10-18/h3-11,15H,12-14H2,1-2H3. The van der Waals surface area contributed by atoms with Gasteiger partial charge in [-0.15, -0.1) is 11.3 Å². The summed E-state index contributed by atoms with van der Waals surface area (Å²) in [4.78, 5) is 31.1. The number of benzene rings is 2. The van der Waals surface area contributed by atoms with Gasteiger partial charge in [-0.05, 0) is 36.1 Å². The molecule has 0 bridgehead atoms. The van der Waals surface area contributed by atoms with Gasteiger partial charge in [-0.1, -0.05) is 54.6 Å². The predicted molar refractivity (Wildman–Crippen MR) is 119 cm³/mol. The van der Waals surface area contributed by atoms with Gasteiger partial charge in [0, 0.05) is 6.42 Å². The van der Waals surface area contributed by atoms with Crippen molar-refractivity contribution in [1.82, 2.24) is 9.55 Å². The van der Waals surface area contributed by atoms with Crippen molar-refractivity contribution in [3.05, 3.63) is 98.4 Å². The molecule has 0 amide bonds. The lowest BCUT2D eigenvalue weighted by Crippen LogP contribution is -2.21. The summed E-state index contributed by atoms with van der Waals surface area (Å²) in [5, 5.41) is 0.492. The van der Waals surface area contributed by atoms with Gasteiger partial charge in [0.1, 0.15) is 9.71 Å². The molecule has 6 heteroatoms. The van der Waals surface area contributed by atoms with E-state index < -0.39 is 5.97 Å². The zero-order chi connectivity index (χ0) is 21.1. The summed E-state index contributed by atoms with van der Waals surface area (Å²) in [6, 6.07) is 17.8. The molecule has 0 atom stereocenters. The molecule has 4 aromatic rings. The molecule has 0 spiro atoms. The Labute approximate surface area is 178 Å². The lowest BCUT2D eigenvalue weighted by molar-refractivity contribution is 0.0514. The summed E-state index contributed by atoms with van der Waals surface area (Å²) >= 11 is 1.21. The van der Waals surface area contributed by atoms with Crippen molar-refractivity contribution in [3.63, 3.8) is 0 Å². The fraction of sp³-hybridized carbons (Fsp3) is 0.208. The number of thiophene rings is 1. The normalized spacial score (nSPS) is 11.0. The number of aromatic nitrogens is 2. The summed E-state index contributed by atoms with van der Waals surface area (Å²) in [7, 11) is 0. The summed E-state index contributed by atoms with van der Waals surface area (Å²) in [6.45, 7) is 4.54. The average Bonchev–Trinajstić information content (AvgIpc) is 3.09. The molecular weight excluding hydrogens is 396 g/mol. The highest BCUT2D eigenvalue weighted by molar-refractivity contribution is 7.20. The van der Waals surface area contributed by atoms with Gasteiger partial charge >= 0.3 is 5.97 Å². The Morgan fingerprint density at radius 2 is 1.80 bits per heavy atom. The Kier molecular flexibility index (Phi) is 5.77. The van der Waals surface area contributed by atoms with Crippen molar-refractivity contribution in [2.24, 2.45) is 0 Å². The maximum atomic E-state index is 13.1. The molecule has 0 N–H and O–H groups in total. The van der Waals surface area contributed by atoms with Crippen LogP contribution in [0.1, 0.15) is 31.9 Å². The van der Waals surface area contributed by atoms with Gasteiger partial charge in [-0.25, -0.2) is 9.78 Å². The molecule has 152 valence electrons. The molecule has 30 heavy (non-hydrogen) atoms. The van der Waals surface area contributed by atoms with Gasteiger partial charge in [-0.3, -0.25) is 9.36 Å². The van der Waals surface area contributed by atoms with Crippen LogP contribution in [-0.2, 0) is 17.7 Å². The Morgan fingerprint density at radius 3 is 2.57 bits per heavy atom. The Hall–Kier alpha value is -3.25. The number of ether oxygens (including phenoxy) is 1. The fourth-order valence-electron chi connectivity index (χ4n) is 3.41. The third-order valence-corrected chi connectivity index (χ3v) is 6.35. The van der Waals surface area contributed by atoms with E-state index in [9.17, 15) is 9.59 Å². The van der Waals surface area contributed by atoms with Crippen molar-refractivity contribution in [2.45, 2.75) is 26.8 Å². The number of esters is 1. The summed E-state index contributed by atoms with van der Waals surface area (Å²) in [5.74, 6) is -0.406. The predicted octanol–water partition coefficient (Wildman–Crippen LogP) is 4.52. The van der Waals surface area contributed by atoms with Gasteiger partial charge < -0.3 is 4.74 Å². The zero-order valence-corrected chi connectivity index (χ0v) is 17.7. The summed E-state index contributed by atoms with van der Waals surface area (Å²) < 4.78 is 7.05. The van der Waals surface area contributed by atoms with Crippen LogP contribution in [0, 0.1) is 13.8 Å². The minimum absolute atomic E-state index is 0.139. The molecule has 0 unspecified atom stereocenters. The third kappa shape index (κ3) is 4.04. The fourth-order valence-corrected chi connectivity index (χ4v) is 4.44. The topological polar surface area (TPSA) is 61.2 Å². The van der Waals surface area contributed by atoms with Crippen molar-refractivity contribution in [1.29, 1.82) is 0 Å². The van der Waals surface area contributed by atoms with Crippen LogP contribution >= 0.6 is 11.3 Å². The smallest absolute Gasteiger partial charge is 0.348 e. The van der Waals surface area contributed by atoms with Crippen LogP contribution in [0.3, 0.4) is 0 Å². The number of carbonyl (C=O) groups is 1. The largest absolute Gasteiger partial charge is 0.461 e. The summed E-state index contributed by atoms with van der Waals surface area (Å²) in [5.41, 5.74) is 3.79. The number of aryl methyl sites for hydroxylation is 2. The second-order valence-corrected chi connectivity index (χ2v) is 8.21. The number of rotatable bonds is 6. The van der Waals surface area contributed by atoms with Gasteiger partial charge in [-0.2, -0.15) is 0 Å². The van der Waals surface area contributed by atoms with Crippen LogP contribution in [0.5, 0.6) is 0 Å². The van der Waals surface area contributed by atoms with E-state index in [1.54, 1.807) is 17.8 Å². The molecule has 0 aliphatic carbocycles. The van der Waals surface area contributed by atoms with Crippen molar-refractivity contribution < 1.29 is 9.53 Å². The van der Waals surface area contributed by atoms with Gasteiger partial charge in [0.15, 0.2) is 0 Å². The second-order valence-electron chi connectivity index (χ2n) is 7.21. The van der Waals surface area contributed by atoms with E-state index in [2.05, 4.69) is 4.98 Å². The van der Waals surface area contributed by atoms with Crippen LogP contribution in [0.4, 0.5) is 0 Å². The maximum Gasteiger partial charge on any atom is 0.348 e. The van der Waals surface area contributed by atoms with E-state index in [4.69, 9.17) is 4.74 Å². The molecule has 2 heterocycles. The highest BCUT2D eigenvalue weighted by Crippen LogP contribution is 2.27. The van der Waals surface area contributed by atoms with Gasteiger partial charge in [0.25, 0.3) is 5.56 Å². The lowest BCUT2D eigenvalue weighted by atomic mass is 10.1. The minimum Gasteiger partial charge on any atom is -0.461 e. The minimum atomic E-state index is -0.406. The quantitative estimate of drug-likeness (QED) is 0.432. The van der Waals surface area contributed by atoms with Crippen LogP contribution in [0.2, 0.25) is 0 Å². The Balaban J connectivity index is 1.56. The molecular formula is C24H22N2O3S. The SMILES string of the molecule is Cc1ccccc1Cn1cnc2sc(C(=O)OCCc3ccccc3)c(C)c2c1=O. The Morgan fingerprint density at radius 1 is 1.07 bits per heavy atom. The molecule has 5 nitrogen and oxygen atoms in total. The first kappa shape index (κ1) is 20.0. The zero-order valence-electron chi connectivity index (χ0n) is 16.9. The molecule has 0 aliphatic rings. The number of fused-ring (bicyclic) bond motifs is 1. The first-order chi connectivity index (χ1) is 14.5. The van der Waals surface area contributed by atoms with Crippen LogP contribution in [-0.4, -0.2) is 22.1 Å². The molecule has 0 aliphatic heterocycles. The van der Waals surface area contributed by atoms with Crippen molar-refractivity contribution in [3.8, 4) is 0 Å². The molecule has 0 radical (unpaired) electrons. The summed E-state index contributed by atoms with van der Waals surface area (Å²) in [6.07, 6.45) is 2.20. The molecule has 2 aromatic carbocycles. The van der Waals surface area contributed by atoms with Crippen molar-refractivity contribution >= 4 is 27.5 Å². The van der Waals surface area contributed by atoms with Crippen molar-refractivity contribution in [2.75, 3.05) is 6.61 Å². The number of hydrogen-bond donors (Lipinski definition) is 0. The molecule has 0 fully saturated rings. The van der Waals surface area contributed by atoms with Gasteiger partial charge in [0.05, 0.1) is 24.9 Å². The third-order valence-electron chi connectivity index (χ3n) is 5.17. The van der Waals surface area contributed by atoms with E-state index in [-0.39, 0.29) is 5.56 Å². The monoisotopic (exact) mass is 418 g/mol. The van der Waals surface area contributed by atoms with Crippen LogP contribution < -0.4 is 5.56 Å². The Bertz CT molecular complexity index is 1260. The highest BCUT2D eigenvalue weighted by Gasteiger charge is 2.20. The number of nitrogens with zero attached hydrogens (tertiary/aromatic N) is 2.